The second-order valence-corrected chi connectivity index (χ2v) is 6.18. The van der Waals surface area contributed by atoms with Gasteiger partial charge in [0.05, 0.1) is 0 Å². The molecule has 0 saturated carbocycles. The van der Waals surface area contributed by atoms with Gasteiger partial charge in [-0.15, -0.1) is 0 Å². The van der Waals surface area contributed by atoms with Gasteiger partial charge in [0.2, 0.25) is 0 Å². The van der Waals surface area contributed by atoms with Crippen molar-refractivity contribution in [3.05, 3.63) is 71.8 Å². The number of nitrogens with one attached hydrogen (secondary N) is 1. The van der Waals surface area contributed by atoms with Gasteiger partial charge < -0.3 is 10.4 Å². The summed E-state index contributed by atoms with van der Waals surface area (Å²) in [6.07, 6.45) is 0.513. The summed E-state index contributed by atoms with van der Waals surface area (Å²) >= 11 is 1.81. The summed E-state index contributed by atoms with van der Waals surface area (Å²) in [6.45, 7) is 0.696. The van der Waals surface area contributed by atoms with Crippen LogP contribution in [0, 0.1) is 0 Å². The number of thioether (sulfide) groups is 1. The maximum absolute atomic E-state index is 11.3. The van der Waals surface area contributed by atoms with Crippen LogP contribution in [0.5, 0.6) is 0 Å². The second-order valence-electron chi connectivity index (χ2n) is 5.07. The van der Waals surface area contributed by atoms with Gasteiger partial charge in [0, 0.05) is 18.1 Å². The van der Waals surface area contributed by atoms with Crippen LogP contribution >= 0.6 is 11.8 Å². The summed E-state index contributed by atoms with van der Waals surface area (Å²) in [6, 6.07) is 19.5. The highest BCUT2D eigenvalue weighted by Crippen LogP contribution is 2.11. The molecule has 0 amide bonds. The van der Waals surface area contributed by atoms with E-state index < -0.39 is 12.0 Å². The first-order valence-corrected chi connectivity index (χ1v) is 8.53. The third-order valence-electron chi connectivity index (χ3n) is 3.33. The Morgan fingerprint density at radius 3 is 2.18 bits per heavy atom. The Balaban J connectivity index is 1.70. The van der Waals surface area contributed by atoms with Crippen LogP contribution in [-0.2, 0) is 17.0 Å². The smallest absolute Gasteiger partial charge is 0.321 e. The lowest BCUT2D eigenvalue weighted by molar-refractivity contribution is -0.139. The van der Waals surface area contributed by atoms with Crippen molar-refractivity contribution in [3.8, 4) is 0 Å². The zero-order valence-corrected chi connectivity index (χ0v) is 13.3. The highest BCUT2D eigenvalue weighted by molar-refractivity contribution is 7.98. The lowest BCUT2D eigenvalue weighted by atomic mass is 10.1. The normalized spacial score (nSPS) is 12.0. The van der Waals surface area contributed by atoms with Gasteiger partial charge in [-0.2, -0.15) is 11.8 Å². The highest BCUT2D eigenvalue weighted by Gasteiger charge is 2.16. The van der Waals surface area contributed by atoms with Gasteiger partial charge in [-0.05, 0) is 17.5 Å². The van der Waals surface area contributed by atoms with Crippen molar-refractivity contribution in [2.45, 2.75) is 18.2 Å². The number of rotatable bonds is 9. The van der Waals surface area contributed by atoms with Crippen molar-refractivity contribution < 1.29 is 9.90 Å². The average Bonchev–Trinajstić information content (AvgIpc) is 2.55. The van der Waals surface area contributed by atoms with Crippen LogP contribution in [0.2, 0.25) is 0 Å². The molecule has 0 saturated heterocycles. The fourth-order valence-electron chi connectivity index (χ4n) is 2.17. The van der Waals surface area contributed by atoms with Gasteiger partial charge in [0.1, 0.15) is 6.04 Å². The van der Waals surface area contributed by atoms with E-state index in [1.807, 2.05) is 60.3 Å². The third-order valence-corrected chi connectivity index (χ3v) is 4.36. The van der Waals surface area contributed by atoms with E-state index in [0.29, 0.717) is 13.0 Å². The van der Waals surface area contributed by atoms with Crippen molar-refractivity contribution in [1.29, 1.82) is 0 Å². The van der Waals surface area contributed by atoms with E-state index in [0.717, 1.165) is 17.1 Å². The summed E-state index contributed by atoms with van der Waals surface area (Å²) in [5.41, 5.74) is 2.34. The second kappa shape index (κ2) is 9.28. The van der Waals surface area contributed by atoms with E-state index in [-0.39, 0.29) is 0 Å². The van der Waals surface area contributed by atoms with Gasteiger partial charge in [-0.25, -0.2) is 0 Å². The maximum Gasteiger partial charge on any atom is 0.321 e. The quantitative estimate of drug-likeness (QED) is 0.698. The molecule has 0 bridgehead atoms. The molecule has 2 N–H and O–H groups in total. The number of carbonyl (C=O) groups is 1. The topological polar surface area (TPSA) is 49.3 Å². The molecule has 0 aliphatic rings. The van der Waals surface area contributed by atoms with Crippen LogP contribution in [0.25, 0.3) is 0 Å². The Hall–Kier alpha value is -1.78. The van der Waals surface area contributed by atoms with Crippen LogP contribution in [0.4, 0.5) is 0 Å². The monoisotopic (exact) mass is 315 g/mol. The zero-order valence-electron chi connectivity index (χ0n) is 12.4. The van der Waals surface area contributed by atoms with Crippen LogP contribution in [-0.4, -0.2) is 29.4 Å². The first kappa shape index (κ1) is 16.6. The van der Waals surface area contributed by atoms with Crippen molar-refractivity contribution >= 4 is 17.7 Å². The van der Waals surface area contributed by atoms with Crippen molar-refractivity contribution in [1.82, 2.24) is 5.32 Å². The Morgan fingerprint density at radius 1 is 1.00 bits per heavy atom. The van der Waals surface area contributed by atoms with Crippen LogP contribution in [0.15, 0.2) is 60.7 Å². The Labute approximate surface area is 135 Å². The first-order chi connectivity index (χ1) is 10.8. The van der Waals surface area contributed by atoms with Crippen LogP contribution in [0.3, 0.4) is 0 Å². The Kier molecular flexibility index (Phi) is 7.00. The summed E-state index contributed by atoms with van der Waals surface area (Å²) in [5.74, 6) is 1.06. The van der Waals surface area contributed by atoms with Gasteiger partial charge in [0.25, 0.3) is 0 Å². The number of aliphatic carboxylic acids is 1. The molecule has 0 aliphatic heterocycles. The number of benzene rings is 2. The molecule has 0 aromatic heterocycles. The molecule has 2 aromatic rings. The molecule has 22 heavy (non-hydrogen) atoms. The van der Waals surface area contributed by atoms with Crippen LogP contribution in [0.1, 0.15) is 11.1 Å². The minimum absolute atomic E-state index is 0.513. The zero-order chi connectivity index (χ0) is 15.6. The molecule has 1 atom stereocenters. The predicted octanol–water partition coefficient (Wildman–Crippen LogP) is 3.21. The van der Waals surface area contributed by atoms with Gasteiger partial charge >= 0.3 is 5.97 Å². The summed E-state index contributed by atoms with van der Waals surface area (Å²) < 4.78 is 0. The van der Waals surface area contributed by atoms with E-state index in [9.17, 15) is 9.90 Å². The SMILES string of the molecule is O=C(O)[C@@H](Cc1ccccc1)NCCSCc1ccccc1. The lowest BCUT2D eigenvalue weighted by Gasteiger charge is -2.14. The molecule has 116 valence electrons. The molecule has 2 aromatic carbocycles. The fourth-order valence-corrected chi connectivity index (χ4v) is 3.00. The molecule has 0 heterocycles. The lowest BCUT2D eigenvalue weighted by Crippen LogP contribution is -2.39. The predicted molar refractivity (Wildman–Crippen MR) is 92.2 cm³/mol. The van der Waals surface area contributed by atoms with Crippen molar-refractivity contribution in [2.75, 3.05) is 12.3 Å². The highest BCUT2D eigenvalue weighted by atomic mass is 32.2. The minimum atomic E-state index is -0.795. The van der Waals surface area contributed by atoms with Gasteiger partial charge in [-0.3, -0.25) is 4.79 Å². The molecule has 0 unspecified atom stereocenters. The van der Waals surface area contributed by atoms with Crippen molar-refractivity contribution in [2.24, 2.45) is 0 Å². The van der Waals surface area contributed by atoms with Crippen LogP contribution < -0.4 is 5.32 Å². The standard InChI is InChI=1S/C18H21NO2S/c20-18(21)17(13-15-7-3-1-4-8-15)19-11-12-22-14-16-9-5-2-6-10-16/h1-10,17,19H,11-14H2,(H,20,21)/t17-/m1/s1. The molecular formula is C18H21NO2S. The third kappa shape index (κ3) is 5.92. The number of hydrogen-bond donors (Lipinski definition) is 2. The summed E-state index contributed by atoms with van der Waals surface area (Å²) in [4.78, 5) is 11.3. The van der Waals surface area contributed by atoms with E-state index in [1.165, 1.54) is 5.56 Å². The molecule has 2 rings (SSSR count). The molecular weight excluding hydrogens is 294 g/mol. The van der Waals surface area contributed by atoms with E-state index >= 15 is 0 Å². The number of carboxylic acid groups (broad SMARTS) is 1. The number of carboxylic acids is 1. The molecule has 3 nitrogen and oxygen atoms in total. The van der Waals surface area contributed by atoms with Gasteiger partial charge in [-0.1, -0.05) is 60.7 Å². The Morgan fingerprint density at radius 2 is 1.59 bits per heavy atom. The van der Waals surface area contributed by atoms with E-state index in [1.54, 1.807) is 0 Å². The van der Waals surface area contributed by atoms with E-state index in [4.69, 9.17) is 0 Å². The molecule has 0 fully saturated rings. The molecule has 4 heteroatoms. The van der Waals surface area contributed by atoms with Gasteiger partial charge in [0.15, 0.2) is 0 Å². The largest absolute Gasteiger partial charge is 0.480 e. The average molecular weight is 315 g/mol. The molecule has 0 radical (unpaired) electrons. The first-order valence-electron chi connectivity index (χ1n) is 7.37. The minimum Gasteiger partial charge on any atom is -0.480 e. The summed E-state index contributed by atoms with van der Waals surface area (Å²) in [7, 11) is 0. The maximum atomic E-state index is 11.3. The fraction of sp³-hybridized carbons (Fsp3) is 0.278. The number of hydrogen-bond acceptors (Lipinski definition) is 3. The molecule has 0 spiro atoms. The molecule has 0 aliphatic carbocycles. The van der Waals surface area contributed by atoms with E-state index in [2.05, 4.69) is 17.4 Å². The van der Waals surface area contributed by atoms with Crippen molar-refractivity contribution in [3.63, 3.8) is 0 Å². The summed E-state index contributed by atoms with van der Waals surface area (Å²) in [5, 5.41) is 12.4. The Bertz CT molecular complexity index is 560.